The minimum Gasteiger partial charge on any atom is -0.488 e. The van der Waals surface area contributed by atoms with E-state index in [2.05, 4.69) is 11.9 Å². The summed E-state index contributed by atoms with van der Waals surface area (Å²) in [7, 11) is 0. The summed E-state index contributed by atoms with van der Waals surface area (Å²) in [5.41, 5.74) is 0.904. The molecule has 2 rings (SSSR count). The Kier molecular flexibility index (Phi) is 9.68. The van der Waals surface area contributed by atoms with Gasteiger partial charge in [-0.25, -0.2) is 4.79 Å². The lowest BCUT2D eigenvalue weighted by Gasteiger charge is -2.25. The molecule has 0 aromatic carbocycles. The molecule has 2 aliphatic rings. The molecule has 1 unspecified atom stereocenters. The first-order chi connectivity index (χ1) is 16.7. The number of amides is 3. The van der Waals surface area contributed by atoms with Crippen LogP contribution in [-0.2, 0) is 19.1 Å². The molecule has 1 aliphatic carbocycles. The van der Waals surface area contributed by atoms with Crippen LogP contribution in [0.2, 0.25) is 0 Å². The van der Waals surface area contributed by atoms with Crippen molar-refractivity contribution >= 4 is 17.9 Å². The lowest BCUT2D eigenvalue weighted by molar-refractivity contribution is -0.137. The van der Waals surface area contributed by atoms with E-state index in [0.29, 0.717) is 30.4 Å². The van der Waals surface area contributed by atoms with E-state index in [9.17, 15) is 14.4 Å². The van der Waals surface area contributed by atoms with E-state index >= 15 is 0 Å². The number of hydrogen-bond donors (Lipinski definition) is 1. The minimum absolute atomic E-state index is 0.179. The average Bonchev–Trinajstić information content (AvgIpc) is 2.87. The van der Waals surface area contributed by atoms with Crippen LogP contribution in [0.4, 0.5) is 4.79 Å². The highest BCUT2D eigenvalue weighted by molar-refractivity contribution is 6.20. The van der Waals surface area contributed by atoms with Gasteiger partial charge >= 0.3 is 6.09 Å². The third-order valence-electron chi connectivity index (χ3n) is 5.34. The van der Waals surface area contributed by atoms with Crippen molar-refractivity contribution in [3.63, 3.8) is 0 Å². The van der Waals surface area contributed by atoms with Gasteiger partial charge in [0, 0.05) is 23.7 Å². The van der Waals surface area contributed by atoms with Gasteiger partial charge in [0.25, 0.3) is 11.8 Å². The minimum atomic E-state index is -0.644. The van der Waals surface area contributed by atoms with E-state index in [1.807, 2.05) is 45.1 Å². The Hall–Kier alpha value is -3.35. The zero-order chi connectivity index (χ0) is 27.1. The molecule has 0 radical (unpaired) electrons. The van der Waals surface area contributed by atoms with Crippen molar-refractivity contribution in [3.8, 4) is 0 Å². The van der Waals surface area contributed by atoms with Crippen LogP contribution in [0.1, 0.15) is 67.7 Å². The van der Waals surface area contributed by atoms with Crippen molar-refractivity contribution in [1.29, 1.82) is 0 Å². The maximum absolute atomic E-state index is 12.8. The molecular formula is C29H40N2O5. The number of ether oxygens (including phenoxy) is 2. The second-order valence-corrected chi connectivity index (χ2v) is 10.9. The Morgan fingerprint density at radius 3 is 2.44 bits per heavy atom. The molecule has 3 amide bonds. The van der Waals surface area contributed by atoms with Crippen molar-refractivity contribution in [2.45, 2.75) is 85.0 Å². The molecule has 7 nitrogen and oxygen atoms in total. The summed E-state index contributed by atoms with van der Waals surface area (Å²) in [6.45, 7) is 16.8. The zero-order valence-corrected chi connectivity index (χ0v) is 22.6. The largest absolute Gasteiger partial charge is 0.488 e. The van der Waals surface area contributed by atoms with Gasteiger partial charge in [-0.3, -0.25) is 14.5 Å². The second kappa shape index (κ2) is 12.1. The van der Waals surface area contributed by atoms with Gasteiger partial charge in [-0.2, -0.15) is 0 Å². The Labute approximate surface area is 215 Å². The van der Waals surface area contributed by atoms with Crippen LogP contribution in [0.5, 0.6) is 0 Å². The van der Waals surface area contributed by atoms with Crippen LogP contribution in [0.25, 0.3) is 0 Å². The fraction of sp³-hybridized carbons (Fsp3) is 0.483. The summed E-state index contributed by atoms with van der Waals surface area (Å²) in [5, 5.41) is 2.93. The average molecular weight is 497 g/mol. The topological polar surface area (TPSA) is 84.9 Å². The number of hydrogen-bond acceptors (Lipinski definition) is 5. The smallest absolute Gasteiger partial charge is 0.407 e. The third kappa shape index (κ3) is 9.02. The molecule has 0 aromatic rings. The molecule has 0 spiro atoms. The van der Waals surface area contributed by atoms with Crippen LogP contribution in [-0.4, -0.2) is 46.6 Å². The van der Waals surface area contributed by atoms with Crippen LogP contribution >= 0.6 is 0 Å². The normalized spacial score (nSPS) is 17.7. The second-order valence-electron chi connectivity index (χ2n) is 10.9. The SMILES string of the molecule is C=C/C=C\C1=C(C)C(=O)N(CCC(CC2=CC=C(OC(C)(C)C)C=CC2)NC(=O)OC(C)(C)C)C1=O. The first-order valence-corrected chi connectivity index (χ1v) is 12.3. The Bertz CT molecular complexity index is 1030. The molecule has 7 heteroatoms. The van der Waals surface area contributed by atoms with Crippen molar-refractivity contribution < 1.29 is 23.9 Å². The number of rotatable bonds is 9. The van der Waals surface area contributed by atoms with Gasteiger partial charge in [0.15, 0.2) is 0 Å². The van der Waals surface area contributed by atoms with Crippen molar-refractivity contribution in [2.75, 3.05) is 6.54 Å². The fourth-order valence-electron chi connectivity index (χ4n) is 3.80. The number of nitrogens with one attached hydrogen (secondary N) is 1. The summed E-state index contributed by atoms with van der Waals surface area (Å²) >= 11 is 0. The van der Waals surface area contributed by atoms with E-state index in [-0.39, 0.29) is 30.0 Å². The van der Waals surface area contributed by atoms with Crippen LogP contribution < -0.4 is 5.32 Å². The van der Waals surface area contributed by atoms with E-state index in [4.69, 9.17) is 9.47 Å². The Morgan fingerprint density at radius 2 is 1.83 bits per heavy atom. The molecular weight excluding hydrogens is 456 g/mol. The summed E-state index contributed by atoms with van der Waals surface area (Å²) in [5.74, 6) is 0.113. The molecule has 36 heavy (non-hydrogen) atoms. The number of carbonyl (C=O) groups is 3. The fourth-order valence-corrected chi connectivity index (χ4v) is 3.80. The van der Waals surface area contributed by atoms with Gasteiger partial charge in [0.05, 0.1) is 0 Å². The molecule has 0 bridgehead atoms. The van der Waals surface area contributed by atoms with Crippen molar-refractivity contribution in [3.05, 3.63) is 71.6 Å². The molecule has 0 saturated heterocycles. The van der Waals surface area contributed by atoms with Gasteiger partial charge in [0.1, 0.15) is 17.0 Å². The third-order valence-corrected chi connectivity index (χ3v) is 5.34. The number of allylic oxidation sites excluding steroid dienone is 6. The van der Waals surface area contributed by atoms with Crippen molar-refractivity contribution in [1.82, 2.24) is 10.2 Å². The summed E-state index contributed by atoms with van der Waals surface area (Å²) in [6, 6.07) is -0.341. The highest BCUT2D eigenvalue weighted by Gasteiger charge is 2.34. The number of imide groups is 1. The molecule has 1 aliphatic heterocycles. The van der Waals surface area contributed by atoms with E-state index in [1.165, 1.54) is 4.90 Å². The van der Waals surface area contributed by atoms with E-state index in [0.717, 1.165) is 11.3 Å². The number of alkyl carbamates (subject to hydrolysis) is 1. The quantitative estimate of drug-likeness (QED) is 0.328. The van der Waals surface area contributed by atoms with Crippen molar-refractivity contribution in [2.24, 2.45) is 0 Å². The molecule has 0 saturated carbocycles. The molecule has 1 heterocycles. The summed E-state index contributed by atoms with van der Waals surface area (Å²) < 4.78 is 11.4. The summed E-state index contributed by atoms with van der Waals surface area (Å²) in [4.78, 5) is 39.4. The monoisotopic (exact) mass is 496 g/mol. The Balaban J connectivity index is 2.16. The molecule has 196 valence electrons. The van der Waals surface area contributed by atoms with E-state index in [1.54, 1.807) is 45.9 Å². The van der Waals surface area contributed by atoms with Gasteiger partial charge in [-0.1, -0.05) is 36.5 Å². The highest BCUT2D eigenvalue weighted by atomic mass is 16.6. The lowest BCUT2D eigenvalue weighted by Crippen LogP contribution is -2.42. The predicted octanol–water partition coefficient (Wildman–Crippen LogP) is 5.67. The van der Waals surface area contributed by atoms with Gasteiger partial charge in [-0.15, -0.1) is 0 Å². The maximum Gasteiger partial charge on any atom is 0.407 e. The predicted molar refractivity (Wildman–Crippen MR) is 142 cm³/mol. The number of carbonyl (C=O) groups excluding carboxylic acids is 3. The van der Waals surface area contributed by atoms with Crippen LogP contribution in [0, 0.1) is 0 Å². The highest BCUT2D eigenvalue weighted by Crippen LogP contribution is 2.24. The van der Waals surface area contributed by atoms with Gasteiger partial charge < -0.3 is 14.8 Å². The summed E-state index contributed by atoms with van der Waals surface area (Å²) in [6.07, 6.45) is 13.8. The first-order valence-electron chi connectivity index (χ1n) is 12.3. The molecule has 1 N–H and O–H groups in total. The number of nitrogens with zero attached hydrogens (tertiary/aromatic N) is 1. The van der Waals surface area contributed by atoms with Crippen LogP contribution in [0.3, 0.4) is 0 Å². The maximum atomic E-state index is 12.8. The first kappa shape index (κ1) is 28.9. The van der Waals surface area contributed by atoms with E-state index < -0.39 is 11.7 Å². The Morgan fingerprint density at radius 1 is 1.14 bits per heavy atom. The van der Waals surface area contributed by atoms with Crippen LogP contribution in [0.15, 0.2) is 71.6 Å². The zero-order valence-electron chi connectivity index (χ0n) is 22.6. The standard InChI is InChI=1S/C29H40N2O5/c1-9-10-14-24-20(2)25(32)31(26(24)33)18-17-22(30-27(34)36-29(6,7)8)19-21-12-11-13-23(16-15-21)35-28(3,4)5/h9-11,13-16,22H,1,12,17-19H2,2-8H3,(H,30,34)/b14-10-. The molecule has 1 atom stereocenters. The lowest BCUT2D eigenvalue weighted by atomic mass is 10.0. The van der Waals surface area contributed by atoms with Gasteiger partial charge in [-0.05, 0) is 86.0 Å². The molecule has 0 fully saturated rings. The van der Waals surface area contributed by atoms with Gasteiger partial charge in [0.2, 0.25) is 0 Å². The molecule has 0 aromatic heterocycles.